The predicted molar refractivity (Wildman–Crippen MR) is 85.7 cm³/mol. The third-order valence-corrected chi connectivity index (χ3v) is 4.18. The first-order valence-corrected chi connectivity index (χ1v) is 7.74. The zero-order chi connectivity index (χ0) is 15.7. The molecule has 1 unspecified atom stereocenters. The van der Waals surface area contributed by atoms with E-state index in [1.54, 1.807) is 0 Å². The highest BCUT2D eigenvalue weighted by Gasteiger charge is 2.24. The summed E-state index contributed by atoms with van der Waals surface area (Å²) in [5.74, 6) is 0.770. The summed E-state index contributed by atoms with van der Waals surface area (Å²) < 4.78 is 5.55. The van der Waals surface area contributed by atoms with Gasteiger partial charge in [-0.25, -0.2) is 0 Å². The number of rotatable bonds is 10. The van der Waals surface area contributed by atoms with Gasteiger partial charge in [-0.3, -0.25) is 0 Å². The van der Waals surface area contributed by atoms with Crippen LogP contribution in [0.4, 0.5) is 0 Å². The van der Waals surface area contributed by atoms with Crippen molar-refractivity contribution in [2.75, 3.05) is 26.3 Å². The molecule has 4 heteroatoms. The molecule has 0 spiro atoms. The third kappa shape index (κ3) is 6.04. The second kappa shape index (κ2) is 9.03. The SMILES string of the molecule is CCC(CC)(CO)CNCC(O)COc1ccc(C)cc1. The minimum Gasteiger partial charge on any atom is -0.491 e. The summed E-state index contributed by atoms with van der Waals surface area (Å²) in [5, 5.41) is 22.7. The topological polar surface area (TPSA) is 61.7 Å². The normalized spacial score (nSPS) is 13.2. The van der Waals surface area contributed by atoms with Crippen molar-refractivity contribution in [1.82, 2.24) is 5.32 Å². The van der Waals surface area contributed by atoms with Crippen LogP contribution in [0.5, 0.6) is 5.75 Å². The van der Waals surface area contributed by atoms with Gasteiger partial charge in [-0.1, -0.05) is 31.5 Å². The lowest BCUT2D eigenvalue weighted by Crippen LogP contribution is -2.40. The smallest absolute Gasteiger partial charge is 0.119 e. The predicted octanol–water partition coefficient (Wildman–Crippen LogP) is 2.12. The molecule has 0 saturated heterocycles. The maximum Gasteiger partial charge on any atom is 0.119 e. The number of aliphatic hydroxyl groups is 2. The van der Waals surface area contributed by atoms with E-state index in [1.165, 1.54) is 5.56 Å². The molecular formula is C17H29NO3. The summed E-state index contributed by atoms with van der Waals surface area (Å²) in [6.07, 6.45) is 1.28. The second-order valence-corrected chi connectivity index (χ2v) is 5.77. The van der Waals surface area contributed by atoms with Crippen molar-refractivity contribution in [3.63, 3.8) is 0 Å². The molecule has 1 atom stereocenters. The van der Waals surface area contributed by atoms with Crippen LogP contribution in [0.2, 0.25) is 0 Å². The average Bonchev–Trinajstić information content (AvgIpc) is 2.51. The molecule has 0 heterocycles. The molecule has 0 aromatic heterocycles. The van der Waals surface area contributed by atoms with Gasteiger partial charge in [0.1, 0.15) is 18.5 Å². The Morgan fingerprint density at radius 2 is 1.81 bits per heavy atom. The van der Waals surface area contributed by atoms with Gasteiger partial charge >= 0.3 is 0 Å². The molecule has 4 nitrogen and oxygen atoms in total. The summed E-state index contributed by atoms with van der Waals surface area (Å²) in [6.45, 7) is 7.79. The molecule has 1 rings (SSSR count). The Bertz CT molecular complexity index is 379. The van der Waals surface area contributed by atoms with E-state index in [0.717, 1.165) is 18.6 Å². The quantitative estimate of drug-likeness (QED) is 0.619. The number of aryl methyl sites for hydroxylation is 1. The lowest BCUT2D eigenvalue weighted by Gasteiger charge is -2.30. The number of benzene rings is 1. The zero-order valence-corrected chi connectivity index (χ0v) is 13.4. The molecule has 0 aliphatic rings. The van der Waals surface area contributed by atoms with Crippen LogP contribution in [0.15, 0.2) is 24.3 Å². The number of ether oxygens (including phenoxy) is 1. The van der Waals surface area contributed by atoms with Gasteiger partial charge in [-0.2, -0.15) is 0 Å². The summed E-state index contributed by atoms with van der Waals surface area (Å²) >= 11 is 0. The van der Waals surface area contributed by atoms with Crippen molar-refractivity contribution in [1.29, 1.82) is 0 Å². The molecule has 0 saturated carbocycles. The van der Waals surface area contributed by atoms with E-state index in [2.05, 4.69) is 19.2 Å². The van der Waals surface area contributed by atoms with Crippen LogP contribution in [-0.4, -0.2) is 42.6 Å². The molecule has 0 amide bonds. The Balaban J connectivity index is 2.27. The molecule has 0 aliphatic heterocycles. The lowest BCUT2D eigenvalue weighted by molar-refractivity contribution is 0.0863. The molecule has 3 N–H and O–H groups in total. The molecule has 0 fully saturated rings. The van der Waals surface area contributed by atoms with Crippen molar-refractivity contribution in [3.05, 3.63) is 29.8 Å². The highest BCUT2D eigenvalue weighted by molar-refractivity contribution is 5.26. The van der Waals surface area contributed by atoms with Gasteiger partial charge in [0.05, 0.1) is 0 Å². The van der Waals surface area contributed by atoms with Crippen LogP contribution in [0.3, 0.4) is 0 Å². The average molecular weight is 295 g/mol. The Labute approximate surface area is 128 Å². The van der Waals surface area contributed by atoms with Gasteiger partial charge in [-0.05, 0) is 31.9 Å². The first kappa shape index (κ1) is 18.0. The third-order valence-electron chi connectivity index (χ3n) is 4.18. The van der Waals surface area contributed by atoms with E-state index in [9.17, 15) is 10.2 Å². The van der Waals surface area contributed by atoms with Crippen LogP contribution >= 0.6 is 0 Å². The van der Waals surface area contributed by atoms with Crippen LogP contribution in [0, 0.1) is 12.3 Å². The monoisotopic (exact) mass is 295 g/mol. The molecule has 0 bridgehead atoms. The summed E-state index contributed by atoms with van der Waals surface area (Å²) in [7, 11) is 0. The van der Waals surface area contributed by atoms with Crippen LogP contribution in [0.1, 0.15) is 32.3 Å². The van der Waals surface area contributed by atoms with E-state index in [-0.39, 0.29) is 18.6 Å². The van der Waals surface area contributed by atoms with E-state index < -0.39 is 6.10 Å². The van der Waals surface area contributed by atoms with Crippen LogP contribution in [-0.2, 0) is 0 Å². The van der Waals surface area contributed by atoms with Gasteiger partial charge in [0.15, 0.2) is 0 Å². The molecule has 0 radical (unpaired) electrons. The maximum absolute atomic E-state index is 9.93. The second-order valence-electron chi connectivity index (χ2n) is 5.77. The fraction of sp³-hybridized carbons (Fsp3) is 0.647. The van der Waals surface area contributed by atoms with Gasteiger partial charge in [0.2, 0.25) is 0 Å². The number of hydrogen-bond acceptors (Lipinski definition) is 4. The Morgan fingerprint density at radius 3 is 2.33 bits per heavy atom. The zero-order valence-electron chi connectivity index (χ0n) is 13.4. The van der Waals surface area contributed by atoms with Crippen molar-refractivity contribution in [2.24, 2.45) is 5.41 Å². The largest absolute Gasteiger partial charge is 0.491 e. The number of aliphatic hydroxyl groups excluding tert-OH is 2. The Hall–Kier alpha value is -1.10. The van der Waals surface area contributed by atoms with Crippen molar-refractivity contribution in [2.45, 2.75) is 39.7 Å². The van der Waals surface area contributed by atoms with E-state index in [1.807, 2.05) is 31.2 Å². The number of hydrogen-bond donors (Lipinski definition) is 3. The highest BCUT2D eigenvalue weighted by atomic mass is 16.5. The summed E-state index contributed by atoms with van der Waals surface area (Å²) in [5.41, 5.74) is 1.10. The van der Waals surface area contributed by atoms with Crippen LogP contribution < -0.4 is 10.1 Å². The van der Waals surface area contributed by atoms with Crippen LogP contribution in [0.25, 0.3) is 0 Å². The van der Waals surface area contributed by atoms with E-state index >= 15 is 0 Å². The van der Waals surface area contributed by atoms with Gasteiger partial charge in [0, 0.05) is 25.1 Å². The maximum atomic E-state index is 9.93. The molecule has 0 aliphatic carbocycles. The fourth-order valence-electron chi connectivity index (χ4n) is 2.17. The molecule has 1 aromatic carbocycles. The minimum atomic E-state index is -0.559. The standard InChI is InChI=1S/C17H29NO3/c1-4-17(5-2,13-19)12-18-10-15(20)11-21-16-8-6-14(3)7-9-16/h6-9,15,18-20H,4-5,10-13H2,1-3H3. The van der Waals surface area contributed by atoms with Crippen molar-refractivity contribution < 1.29 is 14.9 Å². The minimum absolute atomic E-state index is 0.0858. The highest BCUT2D eigenvalue weighted by Crippen LogP contribution is 2.24. The first-order valence-electron chi connectivity index (χ1n) is 7.74. The fourth-order valence-corrected chi connectivity index (χ4v) is 2.17. The molecular weight excluding hydrogens is 266 g/mol. The Kier molecular flexibility index (Phi) is 7.72. The van der Waals surface area contributed by atoms with Gasteiger partial charge in [-0.15, -0.1) is 0 Å². The Morgan fingerprint density at radius 1 is 1.19 bits per heavy atom. The summed E-state index contributed by atoms with van der Waals surface area (Å²) in [4.78, 5) is 0. The lowest BCUT2D eigenvalue weighted by atomic mass is 9.83. The van der Waals surface area contributed by atoms with E-state index in [0.29, 0.717) is 13.1 Å². The molecule has 21 heavy (non-hydrogen) atoms. The van der Waals surface area contributed by atoms with E-state index in [4.69, 9.17) is 4.74 Å². The number of nitrogens with one attached hydrogen (secondary N) is 1. The molecule has 120 valence electrons. The summed E-state index contributed by atoms with van der Waals surface area (Å²) in [6, 6.07) is 7.77. The van der Waals surface area contributed by atoms with Gasteiger partial charge < -0.3 is 20.3 Å². The van der Waals surface area contributed by atoms with Crippen molar-refractivity contribution in [3.8, 4) is 5.75 Å². The first-order chi connectivity index (χ1) is 10.0. The molecule has 1 aromatic rings. The van der Waals surface area contributed by atoms with Crippen molar-refractivity contribution >= 4 is 0 Å². The van der Waals surface area contributed by atoms with Gasteiger partial charge in [0.25, 0.3) is 0 Å².